The van der Waals surface area contributed by atoms with Crippen molar-refractivity contribution in [3.8, 4) is 0 Å². The standard InChI is InChI=1S/C23H26FNO4S/c1-30-16-7-4-13(5-8-16)20-19-21(26)17-11-14(24)6-9-18(17)29-22(19)23(27)25(20)12-15-3-2-10-28-15/h4-5,7-8,14-15,17-18,20H,2-3,6,9-12H2,1H3. The number of rotatable bonds is 4. The van der Waals surface area contributed by atoms with Crippen LogP contribution in [0.5, 0.6) is 0 Å². The number of ketones is 1. The van der Waals surface area contributed by atoms with Gasteiger partial charge in [0.2, 0.25) is 0 Å². The van der Waals surface area contributed by atoms with E-state index in [2.05, 4.69) is 0 Å². The summed E-state index contributed by atoms with van der Waals surface area (Å²) in [5.41, 5.74) is 1.29. The van der Waals surface area contributed by atoms with Gasteiger partial charge >= 0.3 is 0 Å². The summed E-state index contributed by atoms with van der Waals surface area (Å²) in [6.07, 6.45) is 3.50. The molecule has 160 valence electrons. The zero-order valence-corrected chi connectivity index (χ0v) is 17.8. The van der Waals surface area contributed by atoms with Crippen molar-refractivity contribution < 1.29 is 23.5 Å². The van der Waals surface area contributed by atoms with E-state index in [-0.39, 0.29) is 30.0 Å². The maximum Gasteiger partial charge on any atom is 0.290 e. The van der Waals surface area contributed by atoms with Crippen molar-refractivity contribution in [1.29, 1.82) is 0 Å². The van der Waals surface area contributed by atoms with Crippen LogP contribution in [-0.4, -0.2) is 54.4 Å². The fourth-order valence-electron chi connectivity index (χ4n) is 5.19. The second-order valence-electron chi connectivity index (χ2n) is 8.55. The van der Waals surface area contributed by atoms with Gasteiger partial charge in [0.15, 0.2) is 11.5 Å². The monoisotopic (exact) mass is 431 g/mol. The molecule has 4 aliphatic rings. The molecule has 0 radical (unpaired) electrons. The molecule has 0 spiro atoms. The molecule has 5 nitrogen and oxygen atoms in total. The van der Waals surface area contributed by atoms with E-state index in [4.69, 9.17) is 9.47 Å². The number of amides is 1. The minimum absolute atomic E-state index is 0.0316. The number of fused-ring (bicyclic) bond motifs is 1. The van der Waals surface area contributed by atoms with Gasteiger partial charge in [-0.1, -0.05) is 12.1 Å². The van der Waals surface area contributed by atoms with E-state index >= 15 is 0 Å². The molecule has 0 bridgehead atoms. The summed E-state index contributed by atoms with van der Waals surface area (Å²) < 4.78 is 26.0. The van der Waals surface area contributed by atoms with Crippen molar-refractivity contribution >= 4 is 23.5 Å². The minimum atomic E-state index is -0.986. The highest BCUT2D eigenvalue weighted by Crippen LogP contribution is 2.47. The topological polar surface area (TPSA) is 55.8 Å². The van der Waals surface area contributed by atoms with E-state index in [0.717, 1.165) is 23.3 Å². The molecule has 7 heteroatoms. The number of Topliss-reactive ketones (excluding diaryl/α,β-unsaturated/α-hetero) is 1. The number of alkyl halides is 1. The molecule has 3 aliphatic heterocycles. The summed E-state index contributed by atoms with van der Waals surface area (Å²) >= 11 is 1.64. The first-order chi connectivity index (χ1) is 14.6. The summed E-state index contributed by atoms with van der Waals surface area (Å²) in [5.74, 6) is -0.689. The van der Waals surface area contributed by atoms with Gasteiger partial charge in [-0.05, 0) is 56.1 Å². The van der Waals surface area contributed by atoms with E-state index in [1.165, 1.54) is 0 Å². The van der Waals surface area contributed by atoms with Gasteiger partial charge in [-0.2, -0.15) is 0 Å². The van der Waals surface area contributed by atoms with Gasteiger partial charge < -0.3 is 14.4 Å². The maximum absolute atomic E-state index is 14.1. The van der Waals surface area contributed by atoms with Gasteiger partial charge in [-0.3, -0.25) is 9.59 Å². The second kappa shape index (κ2) is 8.00. The van der Waals surface area contributed by atoms with Gasteiger partial charge in [-0.15, -0.1) is 11.8 Å². The predicted molar refractivity (Wildman–Crippen MR) is 111 cm³/mol. The SMILES string of the molecule is CSc1ccc(C2C3=C(OC4CCC(F)CC4C3=O)C(=O)N2CC2CCCO2)cc1. The lowest BCUT2D eigenvalue weighted by Crippen LogP contribution is -2.42. The molecular weight excluding hydrogens is 405 g/mol. The first kappa shape index (κ1) is 20.1. The van der Waals surface area contributed by atoms with Gasteiger partial charge in [0, 0.05) is 18.0 Å². The lowest BCUT2D eigenvalue weighted by atomic mass is 9.77. The number of halogens is 1. The molecule has 3 heterocycles. The average Bonchev–Trinajstić information content (AvgIpc) is 3.37. The Bertz CT molecular complexity index is 880. The molecule has 1 amide bonds. The minimum Gasteiger partial charge on any atom is -0.483 e. The summed E-state index contributed by atoms with van der Waals surface area (Å²) in [6.45, 7) is 1.13. The number of hydrogen-bond donors (Lipinski definition) is 0. The highest BCUT2D eigenvalue weighted by molar-refractivity contribution is 7.98. The smallest absolute Gasteiger partial charge is 0.290 e. The highest BCUT2D eigenvalue weighted by atomic mass is 32.2. The van der Waals surface area contributed by atoms with E-state index in [9.17, 15) is 14.0 Å². The van der Waals surface area contributed by atoms with Crippen molar-refractivity contribution in [3.05, 3.63) is 41.2 Å². The number of ether oxygens (including phenoxy) is 2. The Hall–Kier alpha value is -1.86. The maximum atomic E-state index is 14.1. The Morgan fingerprint density at radius 3 is 2.67 bits per heavy atom. The zero-order chi connectivity index (χ0) is 20.8. The van der Waals surface area contributed by atoms with Crippen molar-refractivity contribution in [2.75, 3.05) is 19.4 Å². The second-order valence-corrected chi connectivity index (χ2v) is 9.43. The summed E-state index contributed by atoms with van der Waals surface area (Å²) in [6, 6.07) is 7.45. The molecule has 5 unspecified atom stereocenters. The number of nitrogens with zero attached hydrogens (tertiary/aromatic N) is 1. The van der Waals surface area contributed by atoms with Crippen molar-refractivity contribution in [2.24, 2.45) is 5.92 Å². The number of thioether (sulfide) groups is 1. The molecule has 5 atom stereocenters. The number of carbonyl (C=O) groups is 2. The number of carbonyl (C=O) groups excluding carboxylic acids is 2. The van der Waals surface area contributed by atoms with Crippen LogP contribution < -0.4 is 0 Å². The molecule has 0 aromatic heterocycles. The summed E-state index contributed by atoms with van der Waals surface area (Å²) in [5, 5.41) is 0. The molecule has 0 N–H and O–H groups in total. The van der Waals surface area contributed by atoms with Gasteiger partial charge in [0.05, 0.1) is 23.6 Å². The van der Waals surface area contributed by atoms with Crippen LogP contribution in [0.1, 0.15) is 43.7 Å². The van der Waals surface area contributed by atoms with Crippen LogP contribution in [0.2, 0.25) is 0 Å². The molecule has 1 aliphatic carbocycles. The molecule has 1 aromatic carbocycles. The van der Waals surface area contributed by atoms with Crippen LogP contribution >= 0.6 is 11.8 Å². The van der Waals surface area contributed by atoms with Gasteiger partial charge in [0.25, 0.3) is 5.91 Å². The Kier molecular flexibility index (Phi) is 5.35. The first-order valence-corrected chi connectivity index (χ1v) is 11.9. The fraction of sp³-hybridized carbons (Fsp3) is 0.565. The molecule has 1 saturated carbocycles. The number of benzene rings is 1. The molecule has 30 heavy (non-hydrogen) atoms. The fourth-order valence-corrected chi connectivity index (χ4v) is 5.60. The Labute approximate surface area is 180 Å². The van der Waals surface area contributed by atoms with Crippen LogP contribution in [-0.2, 0) is 19.1 Å². The largest absolute Gasteiger partial charge is 0.483 e. The lowest BCUT2D eigenvalue weighted by molar-refractivity contribution is -0.137. The van der Waals surface area contributed by atoms with Crippen molar-refractivity contribution in [2.45, 2.75) is 61.4 Å². The van der Waals surface area contributed by atoms with Crippen LogP contribution in [0, 0.1) is 5.92 Å². The molecular formula is C23H26FNO4S. The molecule has 5 rings (SSSR count). The first-order valence-electron chi connectivity index (χ1n) is 10.7. The molecule has 1 aromatic rings. The normalized spacial score (nSPS) is 33.5. The number of hydrogen-bond acceptors (Lipinski definition) is 5. The Balaban J connectivity index is 1.53. The Morgan fingerprint density at radius 1 is 1.17 bits per heavy atom. The van der Waals surface area contributed by atoms with Crippen LogP contribution in [0.15, 0.2) is 40.5 Å². The van der Waals surface area contributed by atoms with Crippen molar-refractivity contribution in [1.82, 2.24) is 4.90 Å². The predicted octanol–water partition coefficient (Wildman–Crippen LogP) is 3.83. The van der Waals surface area contributed by atoms with E-state index in [1.807, 2.05) is 30.5 Å². The summed E-state index contributed by atoms with van der Waals surface area (Å²) in [7, 11) is 0. The molecule has 2 fully saturated rings. The third-order valence-corrected chi connectivity index (χ3v) is 7.48. The van der Waals surface area contributed by atoms with Crippen LogP contribution in [0.25, 0.3) is 0 Å². The van der Waals surface area contributed by atoms with Gasteiger partial charge in [-0.25, -0.2) is 4.39 Å². The van der Waals surface area contributed by atoms with Crippen LogP contribution in [0.3, 0.4) is 0 Å². The van der Waals surface area contributed by atoms with Crippen molar-refractivity contribution in [3.63, 3.8) is 0 Å². The Morgan fingerprint density at radius 2 is 1.97 bits per heavy atom. The summed E-state index contributed by atoms with van der Waals surface area (Å²) in [4.78, 5) is 29.7. The zero-order valence-electron chi connectivity index (χ0n) is 17.0. The van der Waals surface area contributed by atoms with E-state index in [1.54, 1.807) is 16.7 Å². The average molecular weight is 432 g/mol. The van der Waals surface area contributed by atoms with E-state index in [0.29, 0.717) is 31.6 Å². The highest BCUT2D eigenvalue weighted by Gasteiger charge is 2.53. The quantitative estimate of drug-likeness (QED) is 0.679. The van der Waals surface area contributed by atoms with Crippen LogP contribution in [0.4, 0.5) is 4.39 Å². The van der Waals surface area contributed by atoms with E-state index < -0.39 is 24.2 Å². The third kappa shape index (κ3) is 3.36. The lowest BCUT2D eigenvalue weighted by Gasteiger charge is -2.36. The molecule has 1 saturated heterocycles. The van der Waals surface area contributed by atoms with Gasteiger partial charge in [0.1, 0.15) is 12.3 Å². The third-order valence-electron chi connectivity index (χ3n) is 6.74.